The van der Waals surface area contributed by atoms with E-state index in [2.05, 4.69) is 0 Å². The molecule has 0 bridgehead atoms. The first-order chi connectivity index (χ1) is 12.9. The van der Waals surface area contributed by atoms with Gasteiger partial charge in [0.15, 0.2) is 0 Å². The van der Waals surface area contributed by atoms with Crippen LogP contribution in [0.1, 0.15) is 18.4 Å². The molecule has 7 heteroatoms. The Balaban J connectivity index is 1.70. The fourth-order valence-corrected chi connectivity index (χ4v) is 3.30. The molecule has 0 unspecified atom stereocenters. The first kappa shape index (κ1) is 19.1. The molecule has 0 aliphatic carbocycles. The highest BCUT2D eigenvalue weighted by molar-refractivity contribution is 5.78. The number of carboxylic acids is 1. The summed E-state index contributed by atoms with van der Waals surface area (Å²) in [4.78, 5) is 13.9. The quantitative estimate of drug-likeness (QED) is 0.835. The van der Waals surface area contributed by atoms with E-state index < -0.39 is 17.4 Å². The second-order valence-corrected chi connectivity index (χ2v) is 6.59. The molecule has 1 saturated heterocycles. The molecule has 0 aromatic heterocycles. The smallest absolute Gasteiger partial charge is 0.348 e. The van der Waals surface area contributed by atoms with Gasteiger partial charge in [0.25, 0.3) is 0 Å². The Morgan fingerprint density at radius 1 is 1.15 bits per heavy atom. The number of benzene rings is 2. The Kier molecular flexibility index (Phi) is 5.60. The second-order valence-electron chi connectivity index (χ2n) is 6.59. The summed E-state index contributed by atoms with van der Waals surface area (Å²) >= 11 is 0. The van der Waals surface area contributed by atoms with E-state index in [1.54, 1.807) is 6.07 Å². The molecule has 1 N–H and O–H groups in total. The van der Waals surface area contributed by atoms with E-state index in [1.807, 2.05) is 4.90 Å². The summed E-state index contributed by atoms with van der Waals surface area (Å²) in [6.45, 7) is 1.33. The lowest BCUT2D eigenvalue weighted by Gasteiger charge is -2.39. The molecule has 0 amide bonds. The SMILES string of the molecule is COc1ccc(F)cc1CN1CCC(Oc2cccc(F)c2)(C(=O)O)CC1. The highest BCUT2D eigenvalue weighted by Gasteiger charge is 2.44. The van der Waals surface area contributed by atoms with E-state index in [1.165, 1.54) is 43.5 Å². The van der Waals surface area contributed by atoms with Crippen molar-refractivity contribution in [1.29, 1.82) is 0 Å². The molecule has 27 heavy (non-hydrogen) atoms. The van der Waals surface area contributed by atoms with Gasteiger partial charge in [-0.25, -0.2) is 13.6 Å². The van der Waals surface area contributed by atoms with E-state index in [4.69, 9.17) is 9.47 Å². The molecular weight excluding hydrogens is 356 g/mol. The monoisotopic (exact) mass is 377 g/mol. The largest absolute Gasteiger partial charge is 0.496 e. The Labute approximate surface area is 156 Å². The molecule has 144 valence electrons. The maximum Gasteiger partial charge on any atom is 0.348 e. The number of ether oxygens (including phenoxy) is 2. The number of methoxy groups -OCH3 is 1. The Morgan fingerprint density at radius 2 is 1.85 bits per heavy atom. The van der Waals surface area contributed by atoms with Gasteiger partial charge in [-0.05, 0) is 30.3 Å². The number of carboxylic acid groups (broad SMARTS) is 1. The van der Waals surface area contributed by atoms with Gasteiger partial charge in [0, 0.05) is 44.1 Å². The summed E-state index contributed by atoms with van der Waals surface area (Å²) in [6, 6.07) is 9.79. The summed E-state index contributed by atoms with van der Waals surface area (Å²) in [7, 11) is 1.52. The lowest BCUT2D eigenvalue weighted by molar-refractivity contribution is -0.159. The molecule has 2 aromatic rings. The minimum Gasteiger partial charge on any atom is -0.496 e. The van der Waals surface area contributed by atoms with Gasteiger partial charge in [-0.15, -0.1) is 0 Å². The number of nitrogens with zero attached hydrogens (tertiary/aromatic N) is 1. The lowest BCUT2D eigenvalue weighted by Crippen LogP contribution is -2.53. The topological polar surface area (TPSA) is 59.0 Å². The average Bonchev–Trinajstić information content (AvgIpc) is 2.63. The molecule has 5 nitrogen and oxygen atoms in total. The van der Waals surface area contributed by atoms with Crippen molar-refractivity contribution >= 4 is 5.97 Å². The number of hydrogen-bond acceptors (Lipinski definition) is 4. The van der Waals surface area contributed by atoms with Gasteiger partial charge in [0.2, 0.25) is 5.60 Å². The zero-order valence-corrected chi connectivity index (χ0v) is 15.0. The average molecular weight is 377 g/mol. The molecular formula is C20H21F2NO4. The number of carbonyl (C=O) groups is 1. The zero-order valence-electron chi connectivity index (χ0n) is 15.0. The molecule has 0 saturated carbocycles. The maximum absolute atomic E-state index is 13.5. The zero-order chi connectivity index (χ0) is 19.4. The fourth-order valence-electron chi connectivity index (χ4n) is 3.30. The minimum absolute atomic E-state index is 0.192. The van der Waals surface area contributed by atoms with Crippen LogP contribution in [0.5, 0.6) is 11.5 Å². The number of rotatable bonds is 6. The molecule has 1 aliphatic rings. The fraction of sp³-hybridized carbons (Fsp3) is 0.350. The van der Waals surface area contributed by atoms with Crippen molar-refractivity contribution in [1.82, 2.24) is 4.90 Å². The third-order valence-electron chi connectivity index (χ3n) is 4.80. The van der Waals surface area contributed by atoms with Crippen LogP contribution < -0.4 is 9.47 Å². The van der Waals surface area contributed by atoms with Gasteiger partial charge in [0.1, 0.15) is 23.1 Å². The maximum atomic E-state index is 13.5. The third-order valence-corrected chi connectivity index (χ3v) is 4.80. The molecule has 0 radical (unpaired) electrons. The summed E-state index contributed by atoms with van der Waals surface area (Å²) in [5, 5.41) is 9.71. The van der Waals surface area contributed by atoms with Crippen molar-refractivity contribution in [2.24, 2.45) is 0 Å². The number of aliphatic carboxylic acids is 1. The molecule has 0 atom stereocenters. The summed E-state index contributed by atoms with van der Waals surface area (Å²) in [6.07, 6.45) is 0.465. The predicted molar refractivity (Wildman–Crippen MR) is 94.9 cm³/mol. The van der Waals surface area contributed by atoms with Crippen molar-refractivity contribution in [3.8, 4) is 11.5 Å². The van der Waals surface area contributed by atoms with Crippen molar-refractivity contribution in [3.05, 3.63) is 59.7 Å². The van der Waals surface area contributed by atoms with Crippen LogP contribution in [0.25, 0.3) is 0 Å². The van der Waals surface area contributed by atoms with E-state index in [-0.39, 0.29) is 24.4 Å². The van der Waals surface area contributed by atoms with Crippen LogP contribution in [0.2, 0.25) is 0 Å². The second kappa shape index (κ2) is 7.92. The van der Waals surface area contributed by atoms with Gasteiger partial charge >= 0.3 is 5.97 Å². The van der Waals surface area contributed by atoms with E-state index in [0.29, 0.717) is 30.9 Å². The highest BCUT2D eigenvalue weighted by Crippen LogP contribution is 2.31. The molecule has 3 rings (SSSR count). The third kappa shape index (κ3) is 4.36. The minimum atomic E-state index is -1.41. The van der Waals surface area contributed by atoms with Crippen LogP contribution in [0.15, 0.2) is 42.5 Å². The Hall–Kier alpha value is -2.67. The molecule has 1 aliphatic heterocycles. The molecule has 1 heterocycles. The van der Waals surface area contributed by atoms with Crippen molar-refractivity contribution in [3.63, 3.8) is 0 Å². The van der Waals surface area contributed by atoms with Gasteiger partial charge in [-0.3, -0.25) is 4.90 Å². The Bertz CT molecular complexity index is 819. The Morgan fingerprint density at radius 3 is 2.48 bits per heavy atom. The van der Waals surface area contributed by atoms with Crippen molar-refractivity contribution < 1.29 is 28.2 Å². The number of piperidine rings is 1. The standard InChI is InChI=1S/C20H21F2NO4/c1-26-18-6-5-16(22)11-14(18)13-23-9-7-20(8-10-23,19(24)25)27-17-4-2-3-15(21)12-17/h2-6,11-12H,7-10,13H2,1H3,(H,24,25). The molecule has 2 aromatic carbocycles. The predicted octanol–water partition coefficient (Wildman–Crippen LogP) is 3.47. The van der Waals surface area contributed by atoms with E-state index >= 15 is 0 Å². The van der Waals surface area contributed by atoms with Gasteiger partial charge in [0.05, 0.1) is 7.11 Å². The number of halogens is 2. The van der Waals surface area contributed by atoms with E-state index in [0.717, 1.165) is 0 Å². The molecule has 1 fully saturated rings. The first-order valence-corrected chi connectivity index (χ1v) is 8.65. The van der Waals surface area contributed by atoms with Crippen LogP contribution in [0.4, 0.5) is 8.78 Å². The van der Waals surface area contributed by atoms with Crippen molar-refractivity contribution in [2.45, 2.75) is 25.0 Å². The number of hydrogen-bond donors (Lipinski definition) is 1. The van der Waals surface area contributed by atoms with E-state index in [9.17, 15) is 18.7 Å². The van der Waals surface area contributed by atoms with Crippen LogP contribution >= 0.6 is 0 Å². The van der Waals surface area contributed by atoms with Crippen LogP contribution in [-0.4, -0.2) is 41.8 Å². The number of likely N-dealkylation sites (tertiary alicyclic amines) is 1. The van der Waals surface area contributed by atoms with Crippen LogP contribution in [0, 0.1) is 11.6 Å². The summed E-state index contributed by atoms with van der Waals surface area (Å²) in [5.74, 6) is -1.13. The summed E-state index contributed by atoms with van der Waals surface area (Å²) < 4.78 is 37.9. The van der Waals surface area contributed by atoms with Gasteiger partial charge in [-0.1, -0.05) is 6.07 Å². The normalized spacial score (nSPS) is 16.7. The summed E-state index contributed by atoms with van der Waals surface area (Å²) in [5.41, 5.74) is -0.706. The lowest BCUT2D eigenvalue weighted by atomic mass is 9.90. The van der Waals surface area contributed by atoms with Gasteiger partial charge < -0.3 is 14.6 Å². The molecule has 0 spiro atoms. The van der Waals surface area contributed by atoms with Crippen LogP contribution in [-0.2, 0) is 11.3 Å². The van der Waals surface area contributed by atoms with Gasteiger partial charge in [-0.2, -0.15) is 0 Å². The highest BCUT2D eigenvalue weighted by atomic mass is 19.1. The first-order valence-electron chi connectivity index (χ1n) is 8.65. The van der Waals surface area contributed by atoms with Crippen LogP contribution in [0.3, 0.4) is 0 Å². The van der Waals surface area contributed by atoms with Crippen molar-refractivity contribution in [2.75, 3.05) is 20.2 Å².